The monoisotopic (exact) mass is 254 g/mol. The maximum atomic E-state index is 11.2. The van der Waals surface area contributed by atoms with E-state index in [1.54, 1.807) is 0 Å². The van der Waals surface area contributed by atoms with Gasteiger partial charge >= 0.3 is 11.9 Å². The van der Waals surface area contributed by atoms with Crippen LogP contribution in [0.3, 0.4) is 0 Å². The predicted molar refractivity (Wildman–Crippen MR) is 60.3 cm³/mol. The molecule has 18 heavy (non-hydrogen) atoms. The minimum absolute atomic E-state index is 0.115. The fourth-order valence-electron chi connectivity index (χ4n) is 1.16. The Bertz CT molecular complexity index is 499. The van der Waals surface area contributed by atoms with E-state index < -0.39 is 16.8 Å². The summed E-state index contributed by atoms with van der Waals surface area (Å²) in [7, 11) is 2.39. The molecule has 8 nitrogen and oxygen atoms in total. The minimum Gasteiger partial charge on any atom is -0.496 e. The molecular weight excluding hydrogens is 244 g/mol. The highest BCUT2D eigenvalue weighted by atomic mass is 16.6. The summed E-state index contributed by atoms with van der Waals surface area (Å²) in [6.45, 7) is 0. The number of anilines is 1. The zero-order valence-electron chi connectivity index (χ0n) is 9.63. The number of nitro benzene ring substituents is 1. The van der Waals surface area contributed by atoms with E-state index in [9.17, 15) is 19.7 Å². The Hall–Kier alpha value is -2.64. The van der Waals surface area contributed by atoms with Crippen LogP contribution in [-0.2, 0) is 14.3 Å². The van der Waals surface area contributed by atoms with Crippen LogP contribution in [0.2, 0.25) is 0 Å². The number of carbonyl (C=O) groups is 2. The molecule has 1 aromatic rings. The highest BCUT2D eigenvalue weighted by Gasteiger charge is 2.21. The Morgan fingerprint density at radius 1 is 1.33 bits per heavy atom. The van der Waals surface area contributed by atoms with E-state index in [-0.39, 0.29) is 17.1 Å². The number of hydrogen-bond acceptors (Lipinski definition) is 6. The maximum absolute atomic E-state index is 11.2. The van der Waals surface area contributed by atoms with Crippen molar-refractivity contribution < 1.29 is 24.0 Å². The molecule has 0 aliphatic rings. The first-order valence-electron chi connectivity index (χ1n) is 4.71. The number of nitrogens with one attached hydrogen (secondary N) is 1. The van der Waals surface area contributed by atoms with E-state index in [0.717, 1.165) is 13.2 Å². The zero-order valence-corrected chi connectivity index (χ0v) is 9.63. The van der Waals surface area contributed by atoms with E-state index >= 15 is 0 Å². The highest BCUT2D eigenvalue weighted by Crippen LogP contribution is 2.28. The van der Waals surface area contributed by atoms with Crippen molar-refractivity contribution >= 4 is 23.3 Å². The van der Waals surface area contributed by atoms with Crippen LogP contribution in [0, 0.1) is 10.1 Å². The van der Waals surface area contributed by atoms with Crippen LogP contribution in [0.5, 0.6) is 5.75 Å². The topological polar surface area (TPSA) is 108 Å². The van der Waals surface area contributed by atoms with Crippen LogP contribution in [0.4, 0.5) is 11.4 Å². The van der Waals surface area contributed by atoms with E-state index in [1.165, 1.54) is 19.2 Å². The SMILES string of the molecule is COC(=O)C(=O)Nc1ccc(OC)cc1[N+](=O)[O-]. The van der Waals surface area contributed by atoms with Gasteiger partial charge in [-0.1, -0.05) is 0 Å². The third kappa shape index (κ3) is 2.94. The van der Waals surface area contributed by atoms with Crippen LogP contribution < -0.4 is 10.1 Å². The van der Waals surface area contributed by atoms with Crippen molar-refractivity contribution in [3.63, 3.8) is 0 Å². The maximum Gasteiger partial charge on any atom is 0.396 e. The first-order chi connectivity index (χ1) is 8.49. The number of nitro groups is 1. The average Bonchev–Trinajstić information content (AvgIpc) is 2.37. The summed E-state index contributed by atoms with van der Waals surface area (Å²) in [6.07, 6.45) is 0. The molecule has 0 radical (unpaired) electrons. The van der Waals surface area contributed by atoms with Gasteiger partial charge in [0.05, 0.1) is 25.2 Å². The summed E-state index contributed by atoms with van der Waals surface area (Å²) in [6, 6.07) is 3.81. The number of ether oxygens (including phenoxy) is 2. The Balaban J connectivity index is 3.05. The molecule has 0 aromatic heterocycles. The lowest BCUT2D eigenvalue weighted by atomic mass is 10.2. The standard InChI is InChI=1S/C10H10N2O6/c1-17-6-3-4-7(8(5-6)12(15)16)11-9(13)10(14)18-2/h3-5H,1-2H3,(H,11,13). The first-order valence-corrected chi connectivity index (χ1v) is 4.71. The van der Waals surface area contributed by atoms with Gasteiger partial charge in [0, 0.05) is 0 Å². The van der Waals surface area contributed by atoms with E-state index in [0.29, 0.717) is 0 Å². The largest absolute Gasteiger partial charge is 0.496 e. The summed E-state index contributed by atoms with van der Waals surface area (Å²) in [4.78, 5) is 32.2. The van der Waals surface area contributed by atoms with Crippen molar-refractivity contribution in [2.24, 2.45) is 0 Å². The van der Waals surface area contributed by atoms with Gasteiger partial charge in [0.25, 0.3) is 5.69 Å². The minimum atomic E-state index is -1.14. The molecule has 1 amide bonds. The predicted octanol–water partition coefficient (Wildman–Crippen LogP) is 0.715. The van der Waals surface area contributed by atoms with Crippen molar-refractivity contribution in [2.75, 3.05) is 19.5 Å². The van der Waals surface area contributed by atoms with Crippen molar-refractivity contribution in [2.45, 2.75) is 0 Å². The second-order valence-corrected chi connectivity index (χ2v) is 3.09. The molecule has 1 rings (SSSR count). The number of esters is 1. The van der Waals surface area contributed by atoms with Gasteiger partial charge < -0.3 is 14.8 Å². The van der Waals surface area contributed by atoms with Crippen LogP contribution in [0.15, 0.2) is 18.2 Å². The normalized spacial score (nSPS) is 9.44. The first kappa shape index (κ1) is 13.4. The summed E-state index contributed by atoms with van der Waals surface area (Å²) < 4.78 is 9.01. The second-order valence-electron chi connectivity index (χ2n) is 3.09. The lowest BCUT2D eigenvalue weighted by Crippen LogP contribution is -2.24. The molecule has 96 valence electrons. The number of benzene rings is 1. The molecule has 1 aromatic carbocycles. The molecular formula is C10H10N2O6. The Labute approximate surface area is 102 Å². The summed E-state index contributed by atoms with van der Waals surface area (Å²) in [5.74, 6) is -1.97. The van der Waals surface area contributed by atoms with E-state index in [4.69, 9.17) is 4.74 Å². The Morgan fingerprint density at radius 2 is 2.00 bits per heavy atom. The summed E-state index contributed by atoms with van der Waals surface area (Å²) in [5.41, 5.74) is -0.497. The molecule has 0 aliphatic heterocycles. The molecule has 0 atom stereocenters. The third-order valence-electron chi connectivity index (χ3n) is 2.02. The van der Waals surface area contributed by atoms with Crippen LogP contribution in [0.1, 0.15) is 0 Å². The van der Waals surface area contributed by atoms with Crippen molar-refractivity contribution in [3.05, 3.63) is 28.3 Å². The summed E-state index contributed by atoms with van der Waals surface area (Å²) in [5, 5.41) is 12.9. The molecule has 0 saturated carbocycles. The van der Waals surface area contributed by atoms with Gasteiger partial charge in [0.2, 0.25) is 0 Å². The number of methoxy groups -OCH3 is 2. The van der Waals surface area contributed by atoms with Gasteiger partial charge in [0.1, 0.15) is 11.4 Å². The van der Waals surface area contributed by atoms with Gasteiger partial charge in [0.15, 0.2) is 0 Å². The van der Waals surface area contributed by atoms with E-state index in [2.05, 4.69) is 10.1 Å². The van der Waals surface area contributed by atoms with E-state index in [1.807, 2.05) is 0 Å². The van der Waals surface area contributed by atoms with Gasteiger partial charge in [-0.25, -0.2) is 4.79 Å². The summed E-state index contributed by atoms with van der Waals surface area (Å²) >= 11 is 0. The molecule has 0 saturated heterocycles. The number of nitrogens with zero attached hydrogens (tertiary/aromatic N) is 1. The smallest absolute Gasteiger partial charge is 0.396 e. The fourth-order valence-corrected chi connectivity index (χ4v) is 1.16. The number of hydrogen-bond donors (Lipinski definition) is 1. The van der Waals surface area contributed by atoms with Gasteiger partial charge in [-0.15, -0.1) is 0 Å². The molecule has 0 heterocycles. The lowest BCUT2D eigenvalue weighted by Gasteiger charge is -2.06. The Kier molecular flexibility index (Phi) is 4.19. The van der Waals surface area contributed by atoms with Crippen molar-refractivity contribution in [3.8, 4) is 5.75 Å². The zero-order chi connectivity index (χ0) is 13.7. The molecule has 1 N–H and O–H groups in total. The quantitative estimate of drug-likeness (QED) is 0.368. The Morgan fingerprint density at radius 3 is 2.50 bits per heavy atom. The lowest BCUT2D eigenvalue weighted by molar-refractivity contribution is -0.384. The number of rotatable bonds is 3. The third-order valence-corrected chi connectivity index (χ3v) is 2.02. The fraction of sp³-hybridized carbons (Fsp3) is 0.200. The second kappa shape index (κ2) is 5.62. The van der Waals surface area contributed by atoms with Crippen LogP contribution in [-0.4, -0.2) is 31.0 Å². The highest BCUT2D eigenvalue weighted by molar-refractivity contribution is 6.37. The molecule has 0 spiro atoms. The van der Waals surface area contributed by atoms with Crippen molar-refractivity contribution in [1.29, 1.82) is 0 Å². The molecule has 0 bridgehead atoms. The average molecular weight is 254 g/mol. The number of amides is 1. The van der Waals surface area contributed by atoms with Crippen LogP contribution in [0.25, 0.3) is 0 Å². The molecule has 8 heteroatoms. The van der Waals surface area contributed by atoms with Crippen LogP contribution >= 0.6 is 0 Å². The van der Waals surface area contributed by atoms with Gasteiger partial charge in [-0.05, 0) is 12.1 Å². The number of carbonyl (C=O) groups excluding carboxylic acids is 2. The molecule has 0 aliphatic carbocycles. The van der Waals surface area contributed by atoms with Gasteiger partial charge in [-0.3, -0.25) is 14.9 Å². The van der Waals surface area contributed by atoms with Gasteiger partial charge in [-0.2, -0.15) is 0 Å². The molecule has 0 unspecified atom stereocenters. The molecule has 0 fully saturated rings. The van der Waals surface area contributed by atoms with Crippen molar-refractivity contribution in [1.82, 2.24) is 0 Å².